The topological polar surface area (TPSA) is 139 Å². The maximum absolute atomic E-state index is 13.5. The van der Waals surface area contributed by atoms with Gasteiger partial charge in [-0.15, -0.1) is 0 Å². The molecule has 0 saturated carbocycles. The number of aromatic hydroxyl groups is 2. The lowest BCUT2D eigenvalue weighted by atomic mass is 9.88. The molecule has 11 heteroatoms. The molecular weight excluding hydrogens is 666 g/mol. The molecule has 4 aromatic carbocycles. The first-order valence-electron chi connectivity index (χ1n) is 16.8. The number of ether oxygens (including phenoxy) is 1. The Balaban J connectivity index is 1.14. The second-order valence-electron chi connectivity index (χ2n) is 12.8. The SMILES string of the molecule is C=C(C)N1C(=N)[C@H](CC(=O)NCc2cccc(C3CCN(C(=O)c4ccc(O)c(O)c4)CC3)c2)N=C(c2ccc(Cl)cc2)c2cc(OC)ccc21. The van der Waals surface area contributed by atoms with E-state index in [0.717, 1.165) is 40.8 Å². The summed E-state index contributed by atoms with van der Waals surface area (Å²) in [7, 11) is 1.60. The molecule has 0 unspecified atom stereocenters. The van der Waals surface area contributed by atoms with E-state index in [-0.39, 0.29) is 41.5 Å². The normalized spacial score (nSPS) is 16.2. The fourth-order valence-corrected chi connectivity index (χ4v) is 6.77. The summed E-state index contributed by atoms with van der Waals surface area (Å²) in [6.45, 7) is 7.40. The number of phenols is 2. The average Bonchev–Trinajstić information content (AvgIpc) is 3.25. The van der Waals surface area contributed by atoms with Crippen LogP contribution >= 0.6 is 11.6 Å². The van der Waals surface area contributed by atoms with Crippen molar-refractivity contribution in [2.75, 3.05) is 25.1 Å². The molecule has 1 atom stereocenters. The number of piperidine rings is 1. The summed E-state index contributed by atoms with van der Waals surface area (Å²) < 4.78 is 5.53. The number of carbonyl (C=O) groups excluding carboxylic acids is 2. The molecule has 0 spiro atoms. The Labute approximate surface area is 302 Å². The number of anilines is 1. The van der Waals surface area contributed by atoms with Crippen molar-refractivity contribution in [2.45, 2.75) is 44.7 Å². The number of benzene rings is 4. The van der Waals surface area contributed by atoms with Crippen LogP contribution < -0.4 is 15.0 Å². The minimum absolute atomic E-state index is 0.0458. The first-order chi connectivity index (χ1) is 24.5. The fourth-order valence-electron chi connectivity index (χ4n) is 6.64. The second kappa shape index (κ2) is 15.1. The number of benzodiazepines with no additional fused rings is 1. The van der Waals surface area contributed by atoms with E-state index in [2.05, 4.69) is 24.0 Å². The van der Waals surface area contributed by atoms with Gasteiger partial charge in [0, 0.05) is 47.0 Å². The predicted octanol–water partition coefficient (Wildman–Crippen LogP) is 7.02. The van der Waals surface area contributed by atoms with Crippen LogP contribution in [0.15, 0.2) is 102 Å². The Bertz CT molecular complexity index is 2020. The number of aliphatic imine (C=N–C) groups is 1. The van der Waals surface area contributed by atoms with E-state index >= 15 is 0 Å². The van der Waals surface area contributed by atoms with Gasteiger partial charge in [-0.25, -0.2) is 0 Å². The van der Waals surface area contributed by atoms with Crippen molar-refractivity contribution in [1.29, 1.82) is 5.41 Å². The van der Waals surface area contributed by atoms with E-state index < -0.39 is 6.04 Å². The largest absolute Gasteiger partial charge is 0.504 e. The first-order valence-corrected chi connectivity index (χ1v) is 17.1. The third-order valence-electron chi connectivity index (χ3n) is 9.34. The van der Waals surface area contributed by atoms with E-state index in [4.69, 9.17) is 21.3 Å². The van der Waals surface area contributed by atoms with Gasteiger partial charge in [0.2, 0.25) is 5.91 Å². The van der Waals surface area contributed by atoms with E-state index in [0.29, 0.717) is 47.4 Å². The van der Waals surface area contributed by atoms with Crippen molar-refractivity contribution in [3.8, 4) is 17.2 Å². The van der Waals surface area contributed by atoms with Gasteiger partial charge in [0.1, 0.15) is 17.6 Å². The zero-order chi connectivity index (χ0) is 36.2. The third kappa shape index (κ3) is 7.76. The van der Waals surface area contributed by atoms with Crippen molar-refractivity contribution in [3.63, 3.8) is 0 Å². The van der Waals surface area contributed by atoms with Crippen LogP contribution in [0.4, 0.5) is 5.69 Å². The predicted molar refractivity (Wildman–Crippen MR) is 199 cm³/mol. The Morgan fingerprint density at radius 3 is 2.43 bits per heavy atom. The van der Waals surface area contributed by atoms with Crippen LogP contribution in [0.2, 0.25) is 5.02 Å². The van der Waals surface area contributed by atoms with Crippen molar-refractivity contribution in [2.24, 2.45) is 4.99 Å². The number of hydrogen-bond donors (Lipinski definition) is 4. The van der Waals surface area contributed by atoms with Gasteiger partial charge >= 0.3 is 0 Å². The number of halogens is 1. The number of rotatable bonds is 9. The quantitative estimate of drug-likeness (QED) is 0.138. The van der Waals surface area contributed by atoms with Crippen LogP contribution in [0, 0.1) is 5.41 Å². The standard InChI is InChI=1S/C40H40ClN5O5/c1-24(2)46-34-13-12-31(51-3)21-32(34)38(27-7-10-30(41)11-8-27)44-33(39(46)42)22-37(49)43-23-25-5-4-6-28(19-25)26-15-17-45(18-16-26)40(50)29-9-14-35(47)36(48)20-29/h4-14,19-21,26,33,42,47-48H,1,15-18,22-23H2,2-3H3,(H,43,49)/t33-/m0/s1. The maximum Gasteiger partial charge on any atom is 0.253 e. The molecule has 1 fully saturated rings. The van der Waals surface area contributed by atoms with Gasteiger partial charge in [-0.3, -0.25) is 20.0 Å². The molecule has 1 saturated heterocycles. The van der Waals surface area contributed by atoms with Crippen molar-refractivity contribution < 1.29 is 24.5 Å². The highest BCUT2D eigenvalue weighted by molar-refractivity contribution is 6.31. The summed E-state index contributed by atoms with van der Waals surface area (Å²) in [6, 6.07) is 24.3. The molecular formula is C40H40ClN5O5. The number of methoxy groups -OCH3 is 1. The van der Waals surface area contributed by atoms with Crippen molar-refractivity contribution in [1.82, 2.24) is 10.2 Å². The van der Waals surface area contributed by atoms with Crippen LogP contribution in [-0.2, 0) is 11.3 Å². The number of amides is 2. The molecule has 51 heavy (non-hydrogen) atoms. The Hall–Kier alpha value is -5.61. The zero-order valence-corrected chi connectivity index (χ0v) is 29.3. The van der Waals surface area contributed by atoms with Crippen LogP contribution in [-0.4, -0.2) is 64.7 Å². The molecule has 2 aliphatic rings. The van der Waals surface area contributed by atoms with Gasteiger partial charge in [0.05, 0.1) is 24.9 Å². The first kappa shape index (κ1) is 35.2. The van der Waals surface area contributed by atoms with Crippen LogP contribution in [0.3, 0.4) is 0 Å². The molecule has 0 bridgehead atoms. The van der Waals surface area contributed by atoms with Gasteiger partial charge in [0.25, 0.3) is 5.91 Å². The summed E-state index contributed by atoms with van der Waals surface area (Å²) in [5.74, 6) is 0.0248. The van der Waals surface area contributed by atoms with Crippen LogP contribution in [0.25, 0.3) is 0 Å². The molecule has 2 amide bonds. The number of phenolic OH excluding ortho intramolecular Hbond substituents is 2. The summed E-state index contributed by atoms with van der Waals surface area (Å²) >= 11 is 6.21. The summed E-state index contributed by atoms with van der Waals surface area (Å²) in [5.41, 5.74) is 5.93. The van der Waals surface area contributed by atoms with Crippen LogP contribution in [0.5, 0.6) is 17.2 Å². The monoisotopic (exact) mass is 705 g/mol. The number of carbonyl (C=O) groups is 2. The Kier molecular flexibility index (Phi) is 10.4. The second-order valence-corrected chi connectivity index (χ2v) is 13.3. The van der Waals surface area contributed by atoms with Crippen molar-refractivity contribution in [3.05, 3.63) is 130 Å². The molecule has 4 N–H and O–H groups in total. The highest BCUT2D eigenvalue weighted by Crippen LogP contribution is 2.35. The summed E-state index contributed by atoms with van der Waals surface area (Å²) in [5, 5.41) is 32.2. The lowest BCUT2D eigenvalue weighted by Gasteiger charge is -2.32. The van der Waals surface area contributed by atoms with E-state index in [1.165, 1.54) is 18.2 Å². The maximum atomic E-state index is 13.5. The molecule has 10 nitrogen and oxygen atoms in total. The van der Waals surface area contributed by atoms with E-state index in [1.54, 1.807) is 29.0 Å². The number of nitrogens with one attached hydrogen (secondary N) is 2. The molecule has 2 aliphatic heterocycles. The van der Waals surface area contributed by atoms with E-state index in [1.807, 2.05) is 49.4 Å². The fraction of sp³-hybridized carbons (Fsp3) is 0.250. The summed E-state index contributed by atoms with van der Waals surface area (Å²) in [4.78, 5) is 35.0. The van der Waals surface area contributed by atoms with Gasteiger partial charge in [-0.1, -0.05) is 54.6 Å². The molecule has 4 aromatic rings. The van der Waals surface area contributed by atoms with Crippen LogP contribution in [0.1, 0.15) is 64.7 Å². The number of likely N-dealkylation sites (tertiary alicyclic amines) is 1. The zero-order valence-electron chi connectivity index (χ0n) is 28.5. The molecule has 262 valence electrons. The number of hydrogen-bond acceptors (Lipinski definition) is 7. The molecule has 0 aliphatic carbocycles. The molecule has 0 aromatic heterocycles. The third-order valence-corrected chi connectivity index (χ3v) is 9.59. The minimum atomic E-state index is -0.796. The molecule has 6 rings (SSSR count). The summed E-state index contributed by atoms with van der Waals surface area (Å²) in [6.07, 6.45) is 1.50. The van der Waals surface area contributed by atoms with Crippen molar-refractivity contribution >= 4 is 40.6 Å². The van der Waals surface area contributed by atoms with Gasteiger partial charge in [0.15, 0.2) is 11.5 Å². The van der Waals surface area contributed by atoms with Gasteiger partial charge < -0.3 is 30.1 Å². The number of nitrogens with zero attached hydrogens (tertiary/aromatic N) is 3. The minimum Gasteiger partial charge on any atom is -0.504 e. The van der Waals surface area contributed by atoms with E-state index in [9.17, 15) is 25.2 Å². The number of fused-ring (bicyclic) bond motifs is 1. The lowest BCUT2D eigenvalue weighted by molar-refractivity contribution is -0.121. The Morgan fingerprint density at radius 2 is 1.75 bits per heavy atom. The molecule has 2 heterocycles. The highest BCUT2D eigenvalue weighted by atomic mass is 35.5. The lowest BCUT2D eigenvalue weighted by Crippen LogP contribution is -2.39. The average molecular weight is 706 g/mol. The highest BCUT2D eigenvalue weighted by Gasteiger charge is 2.32. The van der Waals surface area contributed by atoms with Gasteiger partial charge in [-0.2, -0.15) is 0 Å². The Morgan fingerprint density at radius 1 is 1.00 bits per heavy atom. The van der Waals surface area contributed by atoms with Gasteiger partial charge in [-0.05, 0) is 85.3 Å². The number of allylic oxidation sites excluding steroid dienone is 1. The molecule has 0 radical (unpaired) electrons. The number of amidine groups is 1. The smallest absolute Gasteiger partial charge is 0.253 e.